The minimum absolute atomic E-state index is 0.00707. The van der Waals surface area contributed by atoms with Crippen molar-refractivity contribution in [2.75, 3.05) is 17.7 Å². The number of benzene rings is 2. The smallest absolute Gasteiger partial charge is 0.250 e. The predicted octanol–water partition coefficient (Wildman–Crippen LogP) is 3.75. The maximum absolute atomic E-state index is 11.9. The molecular formula is C16H17BrN2O2. The number of carbonyl (C=O) groups excluding carboxylic acids is 1. The first-order valence-corrected chi connectivity index (χ1v) is 7.37. The van der Waals surface area contributed by atoms with E-state index in [0.29, 0.717) is 11.4 Å². The molecule has 0 radical (unpaired) electrons. The van der Waals surface area contributed by atoms with Gasteiger partial charge in [-0.2, -0.15) is 0 Å². The Balaban J connectivity index is 1.87. The van der Waals surface area contributed by atoms with Crippen LogP contribution in [0.5, 0.6) is 0 Å². The van der Waals surface area contributed by atoms with Crippen LogP contribution in [-0.4, -0.2) is 12.5 Å². The Morgan fingerprint density at radius 1 is 1.29 bits per heavy atom. The number of hydrogen-bond acceptors (Lipinski definition) is 3. The summed E-state index contributed by atoms with van der Waals surface area (Å²) in [6.45, 7) is 1.91. The fourth-order valence-electron chi connectivity index (χ4n) is 1.84. The Bertz CT molecular complexity index is 617. The number of amides is 1. The molecule has 1 amide bonds. The van der Waals surface area contributed by atoms with Crippen molar-refractivity contribution in [3.63, 3.8) is 0 Å². The van der Waals surface area contributed by atoms with Crippen LogP contribution in [0.25, 0.3) is 0 Å². The first-order valence-electron chi connectivity index (χ1n) is 6.57. The average molecular weight is 349 g/mol. The minimum atomic E-state index is -0.205. The Morgan fingerprint density at radius 2 is 2.00 bits per heavy atom. The van der Waals surface area contributed by atoms with Crippen molar-refractivity contribution in [1.29, 1.82) is 0 Å². The summed E-state index contributed by atoms with van der Waals surface area (Å²) in [5, 5.41) is 2.78. The van der Waals surface area contributed by atoms with Crippen LogP contribution in [0.1, 0.15) is 18.6 Å². The summed E-state index contributed by atoms with van der Waals surface area (Å²) in [6.07, 6.45) is -0.133. The third kappa shape index (κ3) is 4.58. The summed E-state index contributed by atoms with van der Waals surface area (Å²) < 4.78 is 6.32. The molecule has 2 aromatic carbocycles. The minimum Gasteiger partial charge on any atom is -0.399 e. The zero-order chi connectivity index (χ0) is 15.2. The van der Waals surface area contributed by atoms with Crippen LogP contribution in [-0.2, 0) is 9.53 Å². The second-order valence-electron chi connectivity index (χ2n) is 4.65. The average Bonchev–Trinajstić information content (AvgIpc) is 2.48. The fraction of sp³-hybridized carbons (Fsp3) is 0.188. The van der Waals surface area contributed by atoms with E-state index < -0.39 is 0 Å². The highest BCUT2D eigenvalue weighted by atomic mass is 79.9. The van der Waals surface area contributed by atoms with Gasteiger partial charge in [0.25, 0.3) is 0 Å². The van der Waals surface area contributed by atoms with Crippen LogP contribution in [0, 0.1) is 0 Å². The standard InChI is InChI=1S/C16H17BrN2O2/c1-11(12-5-3-2-4-6-12)21-10-16(20)19-15-8-7-13(18)9-14(15)17/h2-9,11H,10,18H2,1H3,(H,19,20). The van der Waals surface area contributed by atoms with Crippen molar-refractivity contribution in [2.24, 2.45) is 0 Å². The highest BCUT2D eigenvalue weighted by Gasteiger charge is 2.10. The topological polar surface area (TPSA) is 64.3 Å². The molecule has 21 heavy (non-hydrogen) atoms. The van der Waals surface area contributed by atoms with Crippen molar-refractivity contribution in [1.82, 2.24) is 0 Å². The van der Waals surface area contributed by atoms with E-state index in [4.69, 9.17) is 10.5 Å². The van der Waals surface area contributed by atoms with Crippen LogP contribution in [0.15, 0.2) is 53.0 Å². The van der Waals surface area contributed by atoms with Gasteiger partial charge in [-0.15, -0.1) is 0 Å². The van der Waals surface area contributed by atoms with Crippen LogP contribution in [0.4, 0.5) is 11.4 Å². The third-order valence-corrected chi connectivity index (χ3v) is 3.66. The summed E-state index contributed by atoms with van der Waals surface area (Å²) in [6, 6.07) is 15.0. The fourth-order valence-corrected chi connectivity index (χ4v) is 2.34. The molecule has 3 N–H and O–H groups in total. The summed E-state index contributed by atoms with van der Waals surface area (Å²) in [5.41, 5.74) is 8.00. The molecule has 2 rings (SSSR count). The van der Waals surface area contributed by atoms with Gasteiger partial charge in [0.1, 0.15) is 6.61 Å². The molecule has 0 heterocycles. The number of halogens is 1. The van der Waals surface area contributed by atoms with Gasteiger partial charge in [0.05, 0.1) is 11.8 Å². The molecular weight excluding hydrogens is 332 g/mol. The van der Waals surface area contributed by atoms with E-state index >= 15 is 0 Å². The second kappa shape index (κ2) is 7.24. The predicted molar refractivity (Wildman–Crippen MR) is 88.0 cm³/mol. The van der Waals surface area contributed by atoms with Gasteiger partial charge in [-0.25, -0.2) is 0 Å². The highest BCUT2D eigenvalue weighted by molar-refractivity contribution is 9.10. The largest absolute Gasteiger partial charge is 0.399 e. The molecule has 110 valence electrons. The number of nitrogens with one attached hydrogen (secondary N) is 1. The van der Waals surface area contributed by atoms with E-state index in [9.17, 15) is 4.79 Å². The molecule has 1 atom stereocenters. The van der Waals surface area contributed by atoms with Crippen LogP contribution < -0.4 is 11.1 Å². The molecule has 0 aliphatic carbocycles. The molecule has 0 bridgehead atoms. The molecule has 2 aromatic rings. The molecule has 5 heteroatoms. The van der Waals surface area contributed by atoms with Crippen molar-refractivity contribution in [2.45, 2.75) is 13.0 Å². The van der Waals surface area contributed by atoms with Crippen molar-refractivity contribution in [3.8, 4) is 0 Å². The molecule has 4 nitrogen and oxygen atoms in total. The van der Waals surface area contributed by atoms with Crippen molar-refractivity contribution < 1.29 is 9.53 Å². The summed E-state index contributed by atoms with van der Waals surface area (Å²) >= 11 is 3.36. The van der Waals surface area contributed by atoms with Crippen LogP contribution in [0.3, 0.4) is 0 Å². The van der Waals surface area contributed by atoms with Gasteiger partial charge in [-0.05, 0) is 46.6 Å². The molecule has 0 saturated carbocycles. The van der Waals surface area contributed by atoms with E-state index in [-0.39, 0.29) is 18.6 Å². The zero-order valence-corrected chi connectivity index (χ0v) is 13.3. The van der Waals surface area contributed by atoms with E-state index in [2.05, 4.69) is 21.2 Å². The van der Waals surface area contributed by atoms with Crippen LogP contribution >= 0.6 is 15.9 Å². The first kappa shape index (κ1) is 15.5. The number of ether oxygens (including phenoxy) is 1. The second-order valence-corrected chi connectivity index (χ2v) is 5.51. The van der Waals surface area contributed by atoms with E-state index in [1.165, 1.54) is 0 Å². The van der Waals surface area contributed by atoms with Gasteiger partial charge in [-0.1, -0.05) is 30.3 Å². The lowest BCUT2D eigenvalue weighted by atomic mass is 10.1. The van der Waals surface area contributed by atoms with Crippen LogP contribution in [0.2, 0.25) is 0 Å². The molecule has 0 aliphatic heterocycles. The van der Waals surface area contributed by atoms with Gasteiger partial charge in [0, 0.05) is 10.2 Å². The maximum atomic E-state index is 11.9. The number of rotatable bonds is 5. The maximum Gasteiger partial charge on any atom is 0.250 e. The van der Waals surface area contributed by atoms with E-state index in [1.807, 2.05) is 37.3 Å². The van der Waals surface area contributed by atoms with Gasteiger partial charge >= 0.3 is 0 Å². The Kier molecular flexibility index (Phi) is 5.36. The van der Waals surface area contributed by atoms with Gasteiger partial charge in [0.2, 0.25) is 5.91 Å². The van der Waals surface area contributed by atoms with Gasteiger partial charge < -0.3 is 15.8 Å². The van der Waals surface area contributed by atoms with Gasteiger partial charge in [-0.3, -0.25) is 4.79 Å². The number of hydrogen-bond donors (Lipinski definition) is 2. The summed E-state index contributed by atoms with van der Waals surface area (Å²) in [5.74, 6) is -0.205. The number of anilines is 2. The lowest BCUT2D eigenvalue weighted by Crippen LogP contribution is -2.19. The zero-order valence-electron chi connectivity index (χ0n) is 11.7. The number of nitrogen functional groups attached to an aromatic ring is 1. The third-order valence-electron chi connectivity index (χ3n) is 3.00. The Morgan fingerprint density at radius 3 is 2.67 bits per heavy atom. The van der Waals surface area contributed by atoms with E-state index in [1.54, 1.807) is 18.2 Å². The molecule has 0 fully saturated rings. The number of nitrogens with two attached hydrogens (primary N) is 1. The lowest BCUT2D eigenvalue weighted by molar-refractivity contribution is -0.122. The lowest BCUT2D eigenvalue weighted by Gasteiger charge is -2.14. The highest BCUT2D eigenvalue weighted by Crippen LogP contribution is 2.24. The Labute approximate surface area is 132 Å². The van der Waals surface area contributed by atoms with Crippen molar-refractivity contribution >= 4 is 33.2 Å². The molecule has 0 aromatic heterocycles. The normalized spacial score (nSPS) is 11.9. The molecule has 0 spiro atoms. The van der Waals surface area contributed by atoms with Gasteiger partial charge in [0.15, 0.2) is 0 Å². The SMILES string of the molecule is CC(OCC(=O)Nc1ccc(N)cc1Br)c1ccccc1. The molecule has 0 saturated heterocycles. The summed E-state index contributed by atoms with van der Waals surface area (Å²) in [4.78, 5) is 11.9. The number of carbonyl (C=O) groups is 1. The molecule has 1 unspecified atom stereocenters. The van der Waals surface area contributed by atoms with E-state index in [0.717, 1.165) is 10.0 Å². The molecule has 0 aliphatic rings. The van der Waals surface area contributed by atoms with Crippen molar-refractivity contribution in [3.05, 3.63) is 58.6 Å². The first-order chi connectivity index (χ1) is 10.1. The summed E-state index contributed by atoms with van der Waals surface area (Å²) in [7, 11) is 0. The quantitative estimate of drug-likeness (QED) is 0.808. The Hall–Kier alpha value is -1.85. The monoisotopic (exact) mass is 348 g/mol.